The van der Waals surface area contributed by atoms with E-state index in [4.69, 9.17) is 11.6 Å². The van der Waals surface area contributed by atoms with Gasteiger partial charge >= 0.3 is 0 Å². The minimum absolute atomic E-state index is 0.146. The Kier molecular flexibility index (Phi) is 4.42. The number of carbonyl (C=O) groups is 1. The number of benzene rings is 1. The number of carbonyl (C=O) groups excluding carboxylic acids is 1. The van der Waals surface area contributed by atoms with E-state index < -0.39 is 0 Å². The molecule has 1 aromatic carbocycles. The van der Waals surface area contributed by atoms with Crippen LogP contribution in [0.1, 0.15) is 24.9 Å². The van der Waals surface area contributed by atoms with Gasteiger partial charge in [0.1, 0.15) is 6.07 Å². The quantitative estimate of drug-likeness (QED) is 0.752. The topological polar surface area (TPSA) is 86.8 Å². The molecule has 8 heteroatoms. The summed E-state index contributed by atoms with van der Waals surface area (Å²) in [5.41, 5.74) is 2.20. The molecule has 0 radical (unpaired) electrons. The summed E-state index contributed by atoms with van der Waals surface area (Å²) in [6.45, 7) is 2.96. The van der Waals surface area contributed by atoms with Crippen LogP contribution in [-0.2, 0) is 4.79 Å². The molecular weight excluding hydrogens is 364 g/mol. The maximum Gasteiger partial charge on any atom is 0.222 e. The lowest BCUT2D eigenvalue weighted by Crippen LogP contribution is -2.22. The van der Waals surface area contributed by atoms with Crippen molar-refractivity contribution >= 4 is 39.9 Å². The van der Waals surface area contributed by atoms with Crippen molar-refractivity contribution in [2.75, 3.05) is 23.3 Å². The van der Waals surface area contributed by atoms with Gasteiger partial charge in [-0.05, 0) is 24.6 Å². The zero-order chi connectivity index (χ0) is 19.0. The number of nitriles is 1. The van der Waals surface area contributed by atoms with E-state index in [0.717, 1.165) is 29.6 Å². The number of pyridine rings is 1. The van der Waals surface area contributed by atoms with E-state index in [1.54, 1.807) is 18.3 Å². The van der Waals surface area contributed by atoms with Crippen LogP contribution in [0.25, 0.3) is 10.9 Å². The lowest BCUT2D eigenvalue weighted by molar-refractivity contribution is -0.114. The molecule has 1 saturated heterocycles. The van der Waals surface area contributed by atoms with Gasteiger partial charge in [0, 0.05) is 48.9 Å². The third-order valence-corrected chi connectivity index (χ3v) is 4.92. The van der Waals surface area contributed by atoms with Gasteiger partial charge in [0.15, 0.2) is 5.82 Å². The smallest absolute Gasteiger partial charge is 0.222 e. The fraction of sp³-hybridized carbons (Fsp3) is 0.263. The number of anilines is 2. The third kappa shape index (κ3) is 3.32. The lowest BCUT2D eigenvalue weighted by Gasteiger charge is -2.22. The SMILES string of the molecule is CC(=O)Nc1ccn(C2CCN(c3c(C#N)cnc4ccc(Cl)cc34)C2)n1. The molecule has 0 saturated carbocycles. The highest BCUT2D eigenvalue weighted by atomic mass is 35.5. The largest absolute Gasteiger partial charge is 0.368 e. The van der Waals surface area contributed by atoms with Gasteiger partial charge in [0.2, 0.25) is 5.91 Å². The van der Waals surface area contributed by atoms with Crippen molar-refractivity contribution in [1.82, 2.24) is 14.8 Å². The number of halogens is 1. The second-order valence-electron chi connectivity index (χ2n) is 6.54. The Balaban J connectivity index is 1.66. The number of hydrogen-bond acceptors (Lipinski definition) is 5. The summed E-state index contributed by atoms with van der Waals surface area (Å²) in [6, 6.07) is 9.71. The van der Waals surface area contributed by atoms with Crippen molar-refractivity contribution in [3.63, 3.8) is 0 Å². The minimum atomic E-state index is -0.146. The summed E-state index contributed by atoms with van der Waals surface area (Å²) in [7, 11) is 0. The second-order valence-corrected chi connectivity index (χ2v) is 6.98. The lowest BCUT2D eigenvalue weighted by atomic mass is 10.1. The molecular formula is C19H17ClN6O. The van der Waals surface area contributed by atoms with Crippen molar-refractivity contribution in [3.8, 4) is 6.07 Å². The van der Waals surface area contributed by atoms with E-state index in [1.807, 2.05) is 23.0 Å². The van der Waals surface area contributed by atoms with Gasteiger partial charge in [-0.2, -0.15) is 10.4 Å². The summed E-state index contributed by atoms with van der Waals surface area (Å²) in [5, 5.41) is 18.2. The summed E-state index contributed by atoms with van der Waals surface area (Å²) in [6.07, 6.45) is 4.37. The molecule has 136 valence electrons. The van der Waals surface area contributed by atoms with Crippen molar-refractivity contribution in [2.24, 2.45) is 0 Å². The van der Waals surface area contributed by atoms with Crippen LogP contribution in [-0.4, -0.2) is 33.8 Å². The third-order valence-electron chi connectivity index (χ3n) is 4.69. The fourth-order valence-electron chi connectivity index (χ4n) is 3.52. The molecule has 3 heterocycles. The number of hydrogen-bond donors (Lipinski definition) is 1. The maximum atomic E-state index is 11.2. The van der Waals surface area contributed by atoms with Gasteiger partial charge in [0.05, 0.1) is 22.8 Å². The van der Waals surface area contributed by atoms with Crippen LogP contribution in [0.5, 0.6) is 0 Å². The Morgan fingerprint density at radius 2 is 2.26 bits per heavy atom. The average Bonchev–Trinajstić information content (AvgIpc) is 3.29. The number of aromatic nitrogens is 3. The van der Waals surface area contributed by atoms with E-state index in [2.05, 4.69) is 26.4 Å². The Morgan fingerprint density at radius 1 is 1.41 bits per heavy atom. The Hall–Kier alpha value is -3.11. The molecule has 1 N–H and O–H groups in total. The summed E-state index contributed by atoms with van der Waals surface area (Å²) >= 11 is 6.18. The Labute approximate surface area is 161 Å². The van der Waals surface area contributed by atoms with Gasteiger partial charge < -0.3 is 10.2 Å². The molecule has 2 aromatic heterocycles. The number of fused-ring (bicyclic) bond motifs is 1. The van der Waals surface area contributed by atoms with Crippen LogP contribution < -0.4 is 10.2 Å². The molecule has 7 nitrogen and oxygen atoms in total. The Bertz CT molecular complexity index is 1070. The molecule has 1 aliphatic heterocycles. The monoisotopic (exact) mass is 380 g/mol. The summed E-state index contributed by atoms with van der Waals surface area (Å²) in [5.74, 6) is 0.395. The molecule has 0 aliphatic carbocycles. The molecule has 0 bridgehead atoms. The maximum absolute atomic E-state index is 11.2. The number of amides is 1. The van der Waals surface area contributed by atoms with E-state index in [0.29, 0.717) is 22.9 Å². The van der Waals surface area contributed by atoms with Gasteiger partial charge in [-0.3, -0.25) is 14.5 Å². The highest BCUT2D eigenvalue weighted by molar-refractivity contribution is 6.31. The van der Waals surface area contributed by atoms with Crippen LogP contribution in [0.4, 0.5) is 11.5 Å². The van der Waals surface area contributed by atoms with Crippen molar-refractivity contribution in [3.05, 3.63) is 47.2 Å². The van der Waals surface area contributed by atoms with E-state index in [1.165, 1.54) is 6.92 Å². The second kappa shape index (κ2) is 6.89. The predicted octanol–water partition coefficient (Wildman–Crippen LogP) is 3.37. The minimum Gasteiger partial charge on any atom is -0.368 e. The molecule has 1 amide bonds. The van der Waals surface area contributed by atoms with E-state index >= 15 is 0 Å². The van der Waals surface area contributed by atoms with Gasteiger partial charge in [0.25, 0.3) is 0 Å². The molecule has 1 aliphatic rings. The van der Waals surface area contributed by atoms with Crippen LogP contribution in [0.15, 0.2) is 36.7 Å². The molecule has 3 aromatic rings. The predicted molar refractivity (Wildman–Crippen MR) is 104 cm³/mol. The van der Waals surface area contributed by atoms with E-state index in [9.17, 15) is 10.1 Å². The van der Waals surface area contributed by atoms with Crippen molar-refractivity contribution in [2.45, 2.75) is 19.4 Å². The van der Waals surface area contributed by atoms with Crippen molar-refractivity contribution < 1.29 is 4.79 Å². The molecule has 0 spiro atoms. The standard InChI is InChI=1S/C19H17ClN6O/c1-12(27)23-18-5-7-26(24-18)15-4-6-25(11-15)19-13(9-21)10-22-17-3-2-14(20)8-16(17)19/h2-3,5,7-8,10,15H,4,6,11H2,1H3,(H,23,24,27). The zero-order valence-corrected chi connectivity index (χ0v) is 15.4. The molecule has 27 heavy (non-hydrogen) atoms. The van der Waals surface area contributed by atoms with Crippen molar-refractivity contribution in [1.29, 1.82) is 5.26 Å². The first kappa shape index (κ1) is 17.3. The van der Waals surface area contributed by atoms with Gasteiger partial charge in [-0.15, -0.1) is 0 Å². The zero-order valence-electron chi connectivity index (χ0n) is 14.7. The number of nitrogens with one attached hydrogen (secondary N) is 1. The highest BCUT2D eigenvalue weighted by Crippen LogP contribution is 2.35. The Morgan fingerprint density at radius 3 is 3.04 bits per heavy atom. The highest BCUT2D eigenvalue weighted by Gasteiger charge is 2.28. The molecule has 4 rings (SSSR count). The first-order valence-electron chi connectivity index (χ1n) is 8.61. The number of rotatable bonds is 3. The average molecular weight is 381 g/mol. The molecule has 1 unspecified atom stereocenters. The van der Waals surface area contributed by atoms with Crippen LogP contribution >= 0.6 is 11.6 Å². The van der Waals surface area contributed by atoms with E-state index in [-0.39, 0.29) is 11.9 Å². The summed E-state index contributed by atoms with van der Waals surface area (Å²) in [4.78, 5) is 17.7. The van der Waals surface area contributed by atoms with Gasteiger partial charge in [-0.25, -0.2) is 0 Å². The first-order chi connectivity index (χ1) is 13.0. The van der Waals surface area contributed by atoms with Crippen LogP contribution in [0.2, 0.25) is 5.02 Å². The first-order valence-corrected chi connectivity index (χ1v) is 8.99. The van der Waals surface area contributed by atoms with Gasteiger partial charge in [-0.1, -0.05) is 11.6 Å². The van der Waals surface area contributed by atoms with Crippen LogP contribution in [0.3, 0.4) is 0 Å². The normalized spacial score (nSPS) is 16.5. The number of nitrogens with zero attached hydrogens (tertiary/aromatic N) is 5. The molecule has 1 fully saturated rings. The fourth-order valence-corrected chi connectivity index (χ4v) is 3.69. The molecule has 1 atom stereocenters. The van der Waals surface area contributed by atoms with Crippen LogP contribution in [0, 0.1) is 11.3 Å². The summed E-state index contributed by atoms with van der Waals surface area (Å²) < 4.78 is 1.87.